The van der Waals surface area contributed by atoms with Crippen molar-refractivity contribution in [2.75, 3.05) is 5.32 Å². The number of aromatic nitrogens is 3. The van der Waals surface area contributed by atoms with Crippen molar-refractivity contribution < 1.29 is 9.21 Å². The van der Waals surface area contributed by atoms with Gasteiger partial charge < -0.3 is 14.7 Å². The van der Waals surface area contributed by atoms with Crippen molar-refractivity contribution >= 4 is 77.1 Å². The van der Waals surface area contributed by atoms with Gasteiger partial charge in [-0.05, 0) is 64.5 Å². The normalized spacial score (nSPS) is 11.2. The summed E-state index contributed by atoms with van der Waals surface area (Å²) in [6, 6.07) is 13.7. The number of furan rings is 1. The molecule has 158 valence electrons. The van der Waals surface area contributed by atoms with Gasteiger partial charge in [-0.2, -0.15) is 0 Å². The Labute approximate surface area is 202 Å². The summed E-state index contributed by atoms with van der Waals surface area (Å²) in [7, 11) is 0. The molecule has 7 nitrogen and oxygen atoms in total. The Morgan fingerprint density at radius 3 is 2.62 bits per heavy atom. The zero-order valence-corrected chi connectivity index (χ0v) is 19.9. The SMILES string of the molecule is O=C(Nc1ccc(-c2nc3c(oc4ccc(Br)cc43)c(=O)[nH]2)c(Cl)c1)c1ccc(Br)cn1. The molecule has 3 heterocycles. The van der Waals surface area contributed by atoms with E-state index in [4.69, 9.17) is 16.0 Å². The fourth-order valence-corrected chi connectivity index (χ4v) is 4.11. The number of halogens is 3. The minimum absolute atomic E-state index is 0.142. The number of anilines is 1. The van der Waals surface area contributed by atoms with Crippen molar-refractivity contribution in [1.82, 2.24) is 15.0 Å². The third kappa shape index (κ3) is 3.83. The number of rotatable bonds is 3. The molecule has 0 saturated heterocycles. The van der Waals surface area contributed by atoms with Crippen LogP contribution in [-0.4, -0.2) is 20.9 Å². The lowest BCUT2D eigenvalue weighted by Gasteiger charge is -2.08. The summed E-state index contributed by atoms with van der Waals surface area (Å²) < 4.78 is 7.27. The molecular formula is C22H11Br2ClN4O3. The standard InChI is InChI=1S/C22H11Br2ClN4O3/c23-10-2-6-17-14(7-10)18-19(32-17)22(31)29-20(28-18)13-4-3-12(8-15(13)25)27-21(30)16-5-1-11(24)9-26-16/h1-9H,(H,27,30)(H,28,29,31). The third-order valence-corrected chi connectivity index (χ3v) is 6.00. The Bertz CT molecular complexity index is 1580. The number of fused-ring (bicyclic) bond motifs is 3. The molecule has 1 amide bonds. The number of carbonyl (C=O) groups excluding carboxylic acids is 1. The van der Waals surface area contributed by atoms with E-state index in [-0.39, 0.29) is 17.2 Å². The zero-order valence-electron chi connectivity index (χ0n) is 15.9. The molecular weight excluding hydrogens is 564 g/mol. The van der Waals surface area contributed by atoms with Crippen LogP contribution < -0.4 is 10.9 Å². The molecule has 3 aromatic heterocycles. The minimum Gasteiger partial charge on any atom is -0.449 e. The van der Waals surface area contributed by atoms with E-state index in [1.54, 1.807) is 42.6 Å². The van der Waals surface area contributed by atoms with E-state index in [1.807, 2.05) is 12.1 Å². The molecule has 0 saturated carbocycles. The largest absolute Gasteiger partial charge is 0.449 e. The molecule has 0 aliphatic heterocycles. The van der Waals surface area contributed by atoms with E-state index in [1.165, 1.54) is 0 Å². The fraction of sp³-hybridized carbons (Fsp3) is 0. The maximum absolute atomic E-state index is 12.6. The van der Waals surface area contributed by atoms with Gasteiger partial charge in [0, 0.05) is 31.8 Å². The molecule has 2 N–H and O–H groups in total. The van der Waals surface area contributed by atoms with Gasteiger partial charge in [0.1, 0.15) is 22.6 Å². The maximum Gasteiger partial charge on any atom is 0.294 e. The summed E-state index contributed by atoms with van der Waals surface area (Å²) in [5.41, 5.74) is 1.99. The Balaban J connectivity index is 1.51. The third-order valence-electron chi connectivity index (χ3n) is 4.73. The van der Waals surface area contributed by atoms with Crippen molar-refractivity contribution in [2.45, 2.75) is 0 Å². The molecule has 2 aromatic carbocycles. The van der Waals surface area contributed by atoms with Gasteiger partial charge in [-0.25, -0.2) is 9.97 Å². The van der Waals surface area contributed by atoms with Crippen LogP contribution in [0.1, 0.15) is 10.5 Å². The first-order chi connectivity index (χ1) is 15.4. The molecule has 10 heteroatoms. The first-order valence-corrected chi connectivity index (χ1v) is 11.2. The predicted molar refractivity (Wildman–Crippen MR) is 130 cm³/mol. The van der Waals surface area contributed by atoms with Gasteiger partial charge in [-0.1, -0.05) is 27.5 Å². The van der Waals surface area contributed by atoms with Crippen LogP contribution in [0.5, 0.6) is 0 Å². The van der Waals surface area contributed by atoms with Crippen LogP contribution in [0, 0.1) is 0 Å². The molecule has 0 spiro atoms. The number of aromatic amines is 1. The van der Waals surface area contributed by atoms with Crippen LogP contribution >= 0.6 is 43.5 Å². The molecule has 0 aliphatic rings. The number of benzene rings is 2. The Morgan fingerprint density at radius 1 is 1.06 bits per heavy atom. The van der Waals surface area contributed by atoms with Crippen molar-refractivity contribution in [3.63, 3.8) is 0 Å². The topological polar surface area (TPSA) is 101 Å². The van der Waals surface area contributed by atoms with Gasteiger partial charge in [0.25, 0.3) is 11.5 Å². The summed E-state index contributed by atoms with van der Waals surface area (Å²) in [4.78, 5) is 36.4. The smallest absolute Gasteiger partial charge is 0.294 e. The van der Waals surface area contributed by atoms with Crippen LogP contribution in [0.3, 0.4) is 0 Å². The van der Waals surface area contributed by atoms with Gasteiger partial charge >= 0.3 is 0 Å². The molecule has 0 fully saturated rings. The van der Waals surface area contributed by atoms with Crippen LogP contribution in [0.25, 0.3) is 33.5 Å². The van der Waals surface area contributed by atoms with Gasteiger partial charge in [0.2, 0.25) is 5.58 Å². The minimum atomic E-state index is -0.410. The number of amides is 1. The van der Waals surface area contributed by atoms with E-state index >= 15 is 0 Å². The van der Waals surface area contributed by atoms with Crippen LogP contribution in [-0.2, 0) is 0 Å². The van der Waals surface area contributed by atoms with E-state index in [0.717, 1.165) is 8.95 Å². The summed E-state index contributed by atoms with van der Waals surface area (Å²) in [6.45, 7) is 0. The number of nitrogens with zero attached hydrogens (tertiary/aromatic N) is 2. The van der Waals surface area contributed by atoms with Gasteiger partial charge in [0.15, 0.2) is 0 Å². The van der Waals surface area contributed by atoms with Crippen LogP contribution in [0.15, 0.2) is 72.9 Å². The lowest BCUT2D eigenvalue weighted by Crippen LogP contribution is -2.13. The summed E-state index contributed by atoms with van der Waals surface area (Å²) in [5, 5.41) is 3.77. The van der Waals surface area contributed by atoms with Crippen LogP contribution in [0.4, 0.5) is 5.69 Å². The zero-order chi connectivity index (χ0) is 22.4. The molecule has 5 rings (SSSR count). The van der Waals surface area contributed by atoms with Crippen LogP contribution in [0.2, 0.25) is 5.02 Å². The van der Waals surface area contributed by atoms with Crippen molar-refractivity contribution in [3.8, 4) is 11.4 Å². The monoisotopic (exact) mass is 572 g/mol. The number of carbonyl (C=O) groups is 1. The average molecular weight is 575 g/mol. The average Bonchev–Trinajstić information content (AvgIpc) is 3.13. The molecule has 0 radical (unpaired) electrons. The van der Waals surface area contributed by atoms with Crippen molar-refractivity contribution in [2.24, 2.45) is 0 Å². The van der Waals surface area contributed by atoms with Crippen molar-refractivity contribution in [3.05, 3.63) is 84.7 Å². The maximum atomic E-state index is 12.6. The summed E-state index contributed by atoms with van der Waals surface area (Å²) in [5.74, 6) is -0.0765. The Hall–Kier alpha value is -3.01. The highest BCUT2D eigenvalue weighted by Gasteiger charge is 2.16. The number of nitrogens with one attached hydrogen (secondary N) is 2. The highest BCUT2D eigenvalue weighted by Crippen LogP contribution is 2.32. The first kappa shape index (κ1) is 20.9. The number of hydrogen-bond donors (Lipinski definition) is 2. The molecule has 0 bridgehead atoms. The lowest BCUT2D eigenvalue weighted by atomic mass is 10.1. The number of hydrogen-bond acceptors (Lipinski definition) is 5. The van der Waals surface area contributed by atoms with Crippen molar-refractivity contribution in [1.29, 1.82) is 0 Å². The lowest BCUT2D eigenvalue weighted by molar-refractivity contribution is 0.102. The predicted octanol–water partition coefficient (Wildman–Crippen LogP) is 6.16. The first-order valence-electron chi connectivity index (χ1n) is 9.24. The van der Waals surface area contributed by atoms with E-state index in [9.17, 15) is 9.59 Å². The summed E-state index contributed by atoms with van der Waals surface area (Å²) >= 11 is 13.2. The molecule has 5 aromatic rings. The van der Waals surface area contributed by atoms with Gasteiger partial charge in [-0.3, -0.25) is 9.59 Å². The van der Waals surface area contributed by atoms with Gasteiger partial charge in [-0.15, -0.1) is 0 Å². The Kier molecular flexibility index (Phi) is 5.32. The second-order valence-electron chi connectivity index (χ2n) is 6.85. The van der Waals surface area contributed by atoms with E-state index in [0.29, 0.717) is 38.6 Å². The highest BCUT2D eigenvalue weighted by molar-refractivity contribution is 9.10. The molecule has 32 heavy (non-hydrogen) atoms. The summed E-state index contributed by atoms with van der Waals surface area (Å²) in [6.07, 6.45) is 1.54. The molecule has 0 aliphatic carbocycles. The number of H-pyrrole nitrogens is 1. The van der Waals surface area contributed by atoms with E-state index in [2.05, 4.69) is 52.1 Å². The Morgan fingerprint density at radius 2 is 1.88 bits per heavy atom. The second kappa shape index (κ2) is 8.16. The second-order valence-corrected chi connectivity index (χ2v) is 9.08. The van der Waals surface area contributed by atoms with E-state index < -0.39 is 5.56 Å². The number of pyridine rings is 1. The molecule has 0 unspecified atom stereocenters. The van der Waals surface area contributed by atoms with Gasteiger partial charge in [0.05, 0.1) is 5.02 Å². The fourth-order valence-electron chi connectivity index (χ4n) is 3.24. The quantitative estimate of drug-likeness (QED) is 0.269. The highest BCUT2D eigenvalue weighted by atomic mass is 79.9. The molecule has 0 atom stereocenters.